The quantitative estimate of drug-likeness (QED) is 0.761. The van der Waals surface area contributed by atoms with Crippen molar-refractivity contribution in [3.05, 3.63) is 29.3 Å². The first kappa shape index (κ1) is 19.3. The van der Waals surface area contributed by atoms with Crippen molar-refractivity contribution in [1.29, 1.82) is 0 Å². The Kier molecular flexibility index (Phi) is 5.46. The molecule has 1 spiro atoms. The van der Waals surface area contributed by atoms with Crippen molar-refractivity contribution in [3.8, 4) is 0 Å². The van der Waals surface area contributed by atoms with Gasteiger partial charge in [-0.15, -0.1) is 0 Å². The first-order chi connectivity index (χ1) is 12.8. The summed E-state index contributed by atoms with van der Waals surface area (Å²) in [6.45, 7) is 2.08. The molecule has 2 heterocycles. The third-order valence-corrected chi connectivity index (χ3v) is 5.14. The highest BCUT2D eigenvalue weighted by molar-refractivity contribution is 6.30. The minimum atomic E-state index is -0.481. The molecule has 5 amide bonds. The van der Waals surface area contributed by atoms with Crippen LogP contribution in [0, 0.1) is 5.41 Å². The van der Waals surface area contributed by atoms with E-state index in [1.54, 1.807) is 48.2 Å². The summed E-state index contributed by atoms with van der Waals surface area (Å²) in [4.78, 5) is 42.1. The fourth-order valence-electron chi connectivity index (χ4n) is 3.62. The Morgan fingerprint density at radius 3 is 2.56 bits per heavy atom. The van der Waals surface area contributed by atoms with Crippen LogP contribution < -0.4 is 10.6 Å². The third kappa shape index (κ3) is 4.44. The molecule has 9 heteroatoms. The minimum absolute atomic E-state index is 0.0515. The van der Waals surface area contributed by atoms with E-state index in [2.05, 4.69) is 10.6 Å². The van der Waals surface area contributed by atoms with Crippen LogP contribution in [0.2, 0.25) is 5.02 Å². The molecule has 2 fully saturated rings. The number of urea groups is 2. The number of hydrogen-bond acceptors (Lipinski definition) is 3. The number of nitrogens with zero attached hydrogens (tertiary/aromatic N) is 3. The maximum absolute atomic E-state index is 12.8. The zero-order valence-corrected chi connectivity index (χ0v) is 16.3. The smallest absolute Gasteiger partial charge is 0.321 e. The van der Waals surface area contributed by atoms with E-state index in [4.69, 9.17) is 11.6 Å². The monoisotopic (exact) mass is 393 g/mol. The number of rotatable bonds is 1. The van der Waals surface area contributed by atoms with Gasteiger partial charge in [-0.2, -0.15) is 0 Å². The Hall–Kier alpha value is -2.48. The van der Waals surface area contributed by atoms with Crippen molar-refractivity contribution < 1.29 is 14.4 Å². The van der Waals surface area contributed by atoms with E-state index in [9.17, 15) is 14.4 Å². The van der Waals surface area contributed by atoms with E-state index in [1.807, 2.05) is 0 Å². The lowest BCUT2D eigenvalue weighted by atomic mass is 9.86. The summed E-state index contributed by atoms with van der Waals surface area (Å²) in [5.41, 5.74) is 0.123. The van der Waals surface area contributed by atoms with Crippen LogP contribution in [0.5, 0.6) is 0 Å². The molecule has 2 aliphatic rings. The number of hydrogen-bond donors (Lipinski definition) is 2. The van der Waals surface area contributed by atoms with Crippen molar-refractivity contribution in [2.75, 3.05) is 52.1 Å². The lowest BCUT2D eigenvalue weighted by molar-refractivity contribution is -0.119. The average molecular weight is 394 g/mol. The molecule has 27 heavy (non-hydrogen) atoms. The molecule has 0 radical (unpaired) electrons. The molecule has 1 aromatic rings. The Morgan fingerprint density at radius 1 is 1.22 bits per heavy atom. The van der Waals surface area contributed by atoms with E-state index >= 15 is 0 Å². The first-order valence-corrected chi connectivity index (χ1v) is 9.20. The molecule has 146 valence electrons. The standard InChI is InChI=1S/C18H24ClN5O3/c1-22(2)17(27)24-7-6-23(11-18(12-24)9-15(25)20-10-18)16(26)21-14-5-3-4-13(19)8-14/h3-5,8H,6-7,9-12H2,1-2H3,(H,20,25)(H,21,26). The van der Waals surface area contributed by atoms with Gasteiger partial charge in [-0.1, -0.05) is 17.7 Å². The Bertz CT molecular complexity index is 756. The van der Waals surface area contributed by atoms with Gasteiger partial charge in [0.2, 0.25) is 5.91 Å². The molecule has 1 unspecified atom stereocenters. The summed E-state index contributed by atoms with van der Waals surface area (Å²) in [5, 5.41) is 6.23. The largest absolute Gasteiger partial charge is 0.355 e. The van der Waals surface area contributed by atoms with Crippen molar-refractivity contribution >= 4 is 35.3 Å². The number of nitrogens with one attached hydrogen (secondary N) is 2. The van der Waals surface area contributed by atoms with Gasteiger partial charge >= 0.3 is 12.1 Å². The summed E-state index contributed by atoms with van der Waals surface area (Å²) < 4.78 is 0. The number of benzene rings is 1. The second kappa shape index (κ2) is 7.64. The molecular weight excluding hydrogens is 370 g/mol. The fraction of sp³-hybridized carbons (Fsp3) is 0.500. The van der Waals surface area contributed by atoms with Gasteiger partial charge in [0.25, 0.3) is 0 Å². The Balaban J connectivity index is 1.78. The second-order valence-corrected chi connectivity index (χ2v) is 7.85. The van der Waals surface area contributed by atoms with E-state index in [0.29, 0.717) is 49.9 Å². The van der Waals surface area contributed by atoms with Crippen molar-refractivity contribution in [1.82, 2.24) is 20.0 Å². The van der Waals surface area contributed by atoms with Gasteiger partial charge < -0.3 is 25.3 Å². The Labute approximate surface area is 163 Å². The molecule has 2 aliphatic heterocycles. The van der Waals surface area contributed by atoms with E-state index in [1.165, 1.54) is 4.90 Å². The Morgan fingerprint density at radius 2 is 1.93 bits per heavy atom. The highest BCUT2D eigenvalue weighted by atomic mass is 35.5. The lowest BCUT2D eigenvalue weighted by Crippen LogP contribution is -2.47. The van der Waals surface area contributed by atoms with Crippen molar-refractivity contribution in [2.45, 2.75) is 6.42 Å². The molecule has 0 aliphatic carbocycles. The average Bonchev–Trinajstić information content (AvgIpc) is 2.85. The maximum Gasteiger partial charge on any atom is 0.321 e. The zero-order valence-electron chi connectivity index (χ0n) is 15.5. The molecule has 0 saturated carbocycles. The second-order valence-electron chi connectivity index (χ2n) is 7.41. The fourth-order valence-corrected chi connectivity index (χ4v) is 3.81. The van der Waals surface area contributed by atoms with E-state index in [-0.39, 0.29) is 18.0 Å². The molecular formula is C18H24ClN5O3. The van der Waals surface area contributed by atoms with Crippen LogP contribution in [0.15, 0.2) is 24.3 Å². The maximum atomic E-state index is 12.8. The van der Waals surface area contributed by atoms with Crippen molar-refractivity contribution in [3.63, 3.8) is 0 Å². The van der Waals surface area contributed by atoms with E-state index < -0.39 is 5.41 Å². The number of carbonyl (C=O) groups is 3. The SMILES string of the molecule is CN(C)C(=O)N1CCN(C(=O)Nc2cccc(Cl)c2)CC2(CNC(=O)C2)C1. The molecule has 0 aromatic heterocycles. The lowest BCUT2D eigenvalue weighted by Gasteiger charge is -2.33. The number of carbonyl (C=O) groups excluding carboxylic acids is 3. The predicted octanol–water partition coefficient (Wildman–Crippen LogP) is 1.68. The van der Waals surface area contributed by atoms with Crippen LogP contribution in [-0.4, -0.2) is 79.5 Å². The van der Waals surface area contributed by atoms with Crippen LogP contribution in [0.4, 0.5) is 15.3 Å². The van der Waals surface area contributed by atoms with Gasteiger partial charge in [0.1, 0.15) is 0 Å². The van der Waals surface area contributed by atoms with Crippen LogP contribution in [0.1, 0.15) is 6.42 Å². The molecule has 1 atom stereocenters. The van der Waals surface area contributed by atoms with E-state index in [0.717, 1.165) is 0 Å². The first-order valence-electron chi connectivity index (χ1n) is 8.82. The molecule has 0 bridgehead atoms. The van der Waals surface area contributed by atoms with Crippen LogP contribution in [0.25, 0.3) is 0 Å². The van der Waals surface area contributed by atoms with Gasteiger partial charge in [0.05, 0.1) is 0 Å². The summed E-state index contributed by atoms with van der Waals surface area (Å²) in [7, 11) is 3.39. The van der Waals surface area contributed by atoms with Crippen LogP contribution in [-0.2, 0) is 4.79 Å². The molecule has 8 nitrogen and oxygen atoms in total. The number of halogens is 1. The molecule has 2 saturated heterocycles. The normalized spacial score (nSPS) is 22.4. The molecule has 1 aromatic carbocycles. The summed E-state index contributed by atoms with van der Waals surface area (Å²) in [6.07, 6.45) is 0.297. The summed E-state index contributed by atoms with van der Waals surface area (Å²) >= 11 is 5.98. The third-order valence-electron chi connectivity index (χ3n) is 4.90. The minimum Gasteiger partial charge on any atom is -0.355 e. The van der Waals surface area contributed by atoms with Gasteiger partial charge in [0.15, 0.2) is 0 Å². The number of anilines is 1. The highest BCUT2D eigenvalue weighted by Crippen LogP contribution is 2.31. The van der Waals surface area contributed by atoms with Gasteiger partial charge in [-0.3, -0.25) is 4.79 Å². The zero-order chi connectivity index (χ0) is 19.6. The summed E-state index contributed by atoms with van der Waals surface area (Å²) in [5.74, 6) is -0.0515. The molecule has 3 rings (SSSR count). The van der Waals surface area contributed by atoms with Crippen LogP contribution >= 0.6 is 11.6 Å². The van der Waals surface area contributed by atoms with Gasteiger partial charge in [-0.25, -0.2) is 9.59 Å². The van der Waals surface area contributed by atoms with Gasteiger partial charge in [0, 0.05) is 69.4 Å². The topological polar surface area (TPSA) is 85.0 Å². The van der Waals surface area contributed by atoms with Crippen molar-refractivity contribution in [2.24, 2.45) is 5.41 Å². The van der Waals surface area contributed by atoms with Gasteiger partial charge in [-0.05, 0) is 18.2 Å². The number of amides is 5. The summed E-state index contributed by atoms with van der Waals surface area (Å²) in [6, 6.07) is 6.55. The van der Waals surface area contributed by atoms with Crippen LogP contribution in [0.3, 0.4) is 0 Å². The predicted molar refractivity (Wildman–Crippen MR) is 103 cm³/mol. The highest BCUT2D eigenvalue weighted by Gasteiger charge is 2.45. The molecule has 2 N–H and O–H groups in total.